The molecule has 0 fully saturated rings. The molecule has 1 unspecified atom stereocenters. The molecule has 0 radical (unpaired) electrons. The van der Waals surface area contributed by atoms with E-state index in [4.69, 9.17) is 22.1 Å². The molecule has 0 saturated carbocycles. The van der Waals surface area contributed by atoms with E-state index >= 15 is 0 Å². The van der Waals surface area contributed by atoms with E-state index in [0.717, 1.165) is 31.1 Å². The van der Waals surface area contributed by atoms with E-state index in [0.29, 0.717) is 12.6 Å². The van der Waals surface area contributed by atoms with Crippen molar-refractivity contribution < 1.29 is 4.74 Å². The van der Waals surface area contributed by atoms with Crippen LogP contribution in [0.15, 0.2) is 12.1 Å². The van der Waals surface area contributed by atoms with Crippen LogP contribution in [0.1, 0.15) is 29.2 Å². The molecule has 2 rings (SSSR count). The van der Waals surface area contributed by atoms with Crippen LogP contribution in [0.25, 0.3) is 0 Å². The summed E-state index contributed by atoms with van der Waals surface area (Å²) >= 11 is 6.19. The SMILES string of the molecule is COCCCN1Cc2c(ccc(Cl)c2C)C1CN. The predicted molar refractivity (Wildman–Crippen MR) is 74.9 cm³/mol. The molecule has 4 heteroatoms. The van der Waals surface area contributed by atoms with Crippen LogP contribution in [0.2, 0.25) is 5.02 Å². The monoisotopic (exact) mass is 268 g/mol. The van der Waals surface area contributed by atoms with Gasteiger partial charge in [0.2, 0.25) is 0 Å². The number of nitrogens with zero attached hydrogens (tertiary/aromatic N) is 1. The Balaban J connectivity index is 2.17. The second-order valence-electron chi connectivity index (χ2n) is 4.81. The third-order valence-electron chi connectivity index (χ3n) is 3.75. The zero-order chi connectivity index (χ0) is 13.1. The van der Waals surface area contributed by atoms with Gasteiger partial charge in [-0.15, -0.1) is 0 Å². The molecule has 1 atom stereocenters. The maximum Gasteiger partial charge on any atom is 0.0477 e. The number of halogens is 1. The largest absolute Gasteiger partial charge is 0.385 e. The summed E-state index contributed by atoms with van der Waals surface area (Å²) in [5.41, 5.74) is 9.82. The molecule has 1 aromatic rings. The van der Waals surface area contributed by atoms with E-state index in [9.17, 15) is 0 Å². The fourth-order valence-corrected chi connectivity index (χ4v) is 2.88. The molecule has 1 heterocycles. The summed E-state index contributed by atoms with van der Waals surface area (Å²) < 4.78 is 5.11. The summed E-state index contributed by atoms with van der Waals surface area (Å²) in [4.78, 5) is 2.42. The Morgan fingerprint density at radius 1 is 1.50 bits per heavy atom. The Morgan fingerprint density at radius 3 is 2.94 bits per heavy atom. The van der Waals surface area contributed by atoms with Crippen molar-refractivity contribution in [3.05, 3.63) is 33.8 Å². The summed E-state index contributed by atoms with van der Waals surface area (Å²) in [5.74, 6) is 0. The fourth-order valence-electron chi connectivity index (χ4n) is 2.70. The van der Waals surface area contributed by atoms with Crippen molar-refractivity contribution >= 4 is 11.6 Å². The first-order chi connectivity index (χ1) is 8.69. The molecular formula is C14H21ClN2O. The van der Waals surface area contributed by atoms with Crippen molar-refractivity contribution in [1.29, 1.82) is 0 Å². The maximum atomic E-state index is 6.19. The van der Waals surface area contributed by atoms with Crippen LogP contribution in [-0.4, -0.2) is 31.7 Å². The molecule has 2 N–H and O–H groups in total. The van der Waals surface area contributed by atoms with Crippen molar-refractivity contribution in [3.8, 4) is 0 Å². The predicted octanol–water partition coefficient (Wildman–Crippen LogP) is 2.50. The highest BCUT2D eigenvalue weighted by molar-refractivity contribution is 6.31. The molecule has 0 bridgehead atoms. The number of rotatable bonds is 5. The van der Waals surface area contributed by atoms with Crippen molar-refractivity contribution in [3.63, 3.8) is 0 Å². The smallest absolute Gasteiger partial charge is 0.0477 e. The average molecular weight is 269 g/mol. The van der Waals surface area contributed by atoms with Crippen LogP contribution in [-0.2, 0) is 11.3 Å². The number of methoxy groups -OCH3 is 1. The van der Waals surface area contributed by atoms with Gasteiger partial charge in [0.25, 0.3) is 0 Å². The first-order valence-electron chi connectivity index (χ1n) is 6.40. The van der Waals surface area contributed by atoms with E-state index in [2.05, 4.69) is 17.9 Å². The van der Waals surface area contributed by atoms with Gasteiger partial charge in [-0.25, -0.2) is 0 Å². The third kappa shape index (κ3) is 2.54. The molecular weight excluding hydrogens is 248 g/mol. The van der Waals surface area contributed by atoms with Crippen LogP contribution in [0.5, 0.6) is 0 Å². The summed E-state index contributed by atoms with van der Waals surface area (Å²) in [5, 5.41) is 0.850. The maximum absolute atomic E-state index is 6.19. The molecule has 3 nitrogen and oxygen atoms in total. The molecule has 1 aliphatic heterocycles. The first-order valence-corrected chi connectivity index (χ1v) is 6.77. The van der Waals surface area contributed by atoms with Crippen molar-refractivity contribution in [1.82, 2.24) is 4.90 Å². The van der Waals surface area contributed by atoms with Gasteiger partial charge in [-0.05, 0) is 36.1 Å². The minimum atomic E-state index is 0.327. The number of fused-ring (bicyclic) bond motifs is 1. The zero-order valence-electron chi connectivity index (χ0n) is 11.1. The molecule has 100 valence electrons. The minimum Gasteiger partial charge on any atom is -0.385 e. The molecule has 18 heavy (non-hydrogen) atoms. The summed E-state index contributed by atoms with van der Waals surface area (Å²) in [7, 11) is 1.74. The number of hydrogen-bond donors (Lipinski definition) is 1. The highest BCUT2D eigenvalue weighted by Crippen LogP contribution is 2.37. The van der Waals surface area contributed by atoms with Crippen molar-refractivity contribution in [2.24, 2.45) is 5.73 Å². The Labute approximate surface area is 114 Å². The van der Waals surface area contributed by atoms with Gasteiger partial charge in [-0.2, -0.15) is 0 Å². The normalized spacial score (nSPS) is 19.2. The second-order valence-corrected chi connectivity index (χ2v) is 5.22. The van der Waals surface area contributed by atoms with Crippen molar-refractivity contribution in [2.45, 2.75) is 25.9 Å². The summed E-state index contributed by atoms with van der Waals surface area (Å²) in [6.07, 6.45) is 1.04. The number of hydrogen-bond acceptors (Lipinski definition) is 3. The summed E-state index contributed by atoms with van der Waals surface area (Å²) in [6.45, 7) is 5.51. The number of ether oxygens (including phenoxy) is 1. The van der Waals surface area contributed by atoms with Crippen LogP contribution in [0, 0.1) is 6.92 Å². The Bertz CT molecular complexity index is 423. The average Bonchev–Trinajstić information content (AvgIpc) is 2.73. The van der Waals surface area contributed by atoms with Gasteiger partial charge in [-0.1, -0.05) is 17.7 Å². The van der Waals surface area contributed by atoms with Gasteiger partial charge >= 0.3 is 0 Å². The lowest BCUT2D eigenvalue weighted by molar-refractivity contribution is 0.156. The van der Waals surface area contributed by atoms with Gasteiger partial charge in [0.1, 0.15) is 0 Å². The summed E-state index contributed by atoms with van der Waals surface area (Å²) in [6, 6.07) is 4.43. The minimum absolute atomic E-state index is 0.327. The molecule has 0 spiro atoms. The van der Waals surface area contributed by atoms with E-state index in [1.165, 1.54) is 16.7 Å². The van der Waals surface area contributed by atoms with E-state index in [-0.39, 0.29) is 0 Å². The topological polar surface area (TPSA) is 38.5 Å². The van der Waals surface area contributed by atoms with Crippen LogP contribution < -0.4 is 5.73 Å². The molecule has 0 saturated heterocycles. The van der Waals surface area contributed by atoms with Gasteiger partial charge < -0.3 is 10.5 Å². The molecule has 1 aliphatic rings. The van der Waals surface area contributed by atoms with E-state index in [1.807, 2.05) is 6.07 Å². The Hall–Kier alpha value is -0.610. The highest BCUT2D eigenvalue weighted by Gasteiger charge is 2.30. The highest BCUT2D eigenvalue weighted by atomic mass is 35.5. The van der Waals surface area contributed by atoms with Crippen molar-refractivity contribution in [2.75, 3.05) is 26.8 Å². The second kappa shape index (κ2) is 6.02. The number of nitrogens with two attached hydrogens (primary N) is 1. The standard InChI is InChI=1S/C14H21ClN2O/c1-10-12-9-17(6-3-7-18-2)14(8-16)11(12)4-5-13(10)15/h4-5,14H,3,6-9,16H2,1-2H3. The zero-order valence-corrected chi connectivity index (χ0v) is 11.8. The molecule has 0 amide bonds. The molecule has 0 aliphatic carbocycles. The van der Waals surface area contributed by atoms with E-state index < -0.39 is 0 Å². The molecule has 1 aromatic carbocycles. The van der Waals surface area contributed by atoms with Crippen LogP contribution in [0.3, 0.4) is 0 Å². The van der Waals surface area contributed by atoms with Gasteiger partial charge in [0, 0.05) is 44.4 Å². The van der Waals surface area contributed by atoms with Gasteiger partial charge in [-0.3, -0.25) is 4.90 Å². The first kappa shape index (κ1) is 13.8. The Morgan fingerprint density at radius 2 is 2.28 bits per heavy atom. The fraction of sp³-hybridized carbons (Fsp3) is 0.571. The lowest BCUT2D eigenvalue weighted by Gasteiger charge is -2.23. The van der Waals surface area contributed by atoms with Gasteiger partial charge in [0.15, 0.2) is 0 Å². The molecule has 0 aromatic heterocycles. The quantitative estimate of drug-likeness (QED) is 0.834. The lowest BCUT2D eigenvalue weighted by atomic mass is 10.0. The van der Waals surface area contributed by atoms with Crippen LogP contribution >= 0.6 is 11.6 Å². The third-order valence-corrected chi connectivity index (χ3v) is 4.16. The van der Waals surface area contributed by atoms with E-state index in [1.54, 1.807) is 7.11 Å². The number of benzene rings is 1. The lowest BCUT2D eigenvalue weighted by Crippen LogP contribution is -2.29. The van der Waals surface area contributed by atoms with Crippen LogP contribution in [0.4, 0.5) is 0 Å². The Kier molecular flexibility index (Phi) is 4.62. The van der Waals surface area contributed by atoms with Gasteiger partial charge in [0.05, 0.1) is 0 Å².